The van der Waals surface area contributed by atoms with Gasteiger partial charge in [0.1, 0.15) is 5.75 Å². The molecule has 2 aliphatic rings. The SMILES string of the molecule is COC(=O)c1cncc(CC2CCN(C3CCN(c4ccc(OC)cc4)CC3)C2)c1.Cl.Cl. The van der Waals surface area contributed by atoms with E-state index in [0.29, 0.717) is 17.5 Å². The van der Waals surface area contributed by atoms with Crippen molar-refractivity contribution >= 4 is 36.5 Å². The Kier molecular flexibility index (Phi) is 10.1. The number of rotatable bonds is 6. The van der Waals surface area contributed by atoms with Gasteiger partial charge in [-0.25, -0.2) is 4.79 Å². The number of methoxy groups -OCH3 is 2. The van der Waals surface area contributed by atoms with Crippen LogP contribution in [0.3, 0.4) is 0 Å². The van der Waals surface area contributed by atoms with Crippen molar-refractivity contribution in [2.75, 3.05) is 45.3 Å². The number of benzene rings is 1. The number of hydrogen-bond acceptors (Lipinski definition) is 6. The summed E-state index contributed by atoms with van der Waals surface area (Å²) in [7, 11) is 3.11. The van der Waals surface area contributed by atoms with Gasteiger partial charge >= 0.3 is 5.97 Å². The van der Waals surface area contributed by atoms with Crippen molar-refractivity contribution in [2.45, 2.75) is 31.7 Å². The Balaban J connectivity index is 0.00000181. The lowest BCUT2D eigenvalue weighted by Crippen LogP contribution is -2.44. The Labute approximate surface area is 203 Å². The summed E-state index contributed by atoms with van der Waals surface area (Å²) in [4.78, 5) is 21.1. The van der Waals surface area contributed by atoms with E-state index < -0.39 is 0 Å². The molecule has 176 valence electrons. The van der Waals surface area contributed by atoms with E-state index in [4.69, 9.17) is 9.47 Å². The van der Waals surface area contributed by atoms with Gasteiger partial charge in [0.15, 0.2) is 0 Å². The van der Waals surface area contributed by atoms with Crippen LogP contribution in [0, 0.1) is 5.92 Å². The fraction of sp³-hybridized carbons (Fsp3) is 0.500. The van der Waals surface area contributed by atoms with E-state index in [0.717, 1.165) is 37.4 Å². The Bertz CT molecular complexity index is 858. The van der Waals surface area contributed by atoms with Crippen molar-refractivity contribution < 1.29 is 14.3 Å². The molecule has 0 radical (unpaired) electrons. The molecule has 4 rings (SSSR count). The Morgan fingerprint density at radius 1 is 1.03 bits per heavy atom. The number of ether oxygens (including phenoxy) is 2. The molecule has 0 spiro atoms. The van der Waals surface area contributed by atoms with Crippen LogP contribution in [0.5, 0.6) is 5.75 Å². The predicted molar refractivity (Wildman–Crippen MR) is 132 cm³/mol. The van der Waals surface area contributed by atoms with E-state index >= 15 is 0 Å². The van der Waals surface area contributed by atoms with E-state index in [9.17, 15) is 4.79 Å². The first kappa shape index (κ1) is 26.2. The number of aromatic nitrogens is 1. The zero-order valence-corrected chi connectivity index (χ0v) is 20.4. The van der Waals surface area contributed by atoms with Gasteiger partial charge in [0.05, 0.1) is 19.8 Å². The van der Waals surface area contributed by atoms with Crippen LogP contribution in [0.25, 0.3) is 0 Å². The summed E-state index contributed by atoms with van der Waals surface area (Å²) in [5, 5.41) is 0. The van der Waals surface area contributed by atoms with Gasteiger partial charge in [0.2, 0.25) is 0 Å². The van der Waals surface area contributed by atoms with Crippen molar-refractivity contribution in [3.05, 3.63) is 53.9 Å². The molecule has 2 aliphatic heterocycles. The topological polar surface area (TPSA) is 54.9 Å². The molecule has 32 heavy (non-hydrogen) atoms. The lowest BCUT2D eigenvalue weighted by Gasteiger charge is -2.38. The van der Waals surface area contributed by atoms with Crippen LogP contribution in [-0.2, 0) is 11.2 Å². The minimum atomic E-state index is -0.319. The van der Waals surface area contributed by atoms with Crippen molar-refractivity contribution in [1.29, 1.82) is 0 Å². The van der Waals surface area contributed by atoms with Crippen molar-refractivity contribution in [1.82, 2.24) is 9.88 Å². The first-order valence-corrected chi connectivity index (χ1v) is 10.8. The zero-order chi connectivity index (χ0) is 20.9. The normalized spacial score (nSPS) is 19.1. The number of pyridine rings is 1. The Morgan fingerprint density at radius 2 is 1.75 bits per heavy atom. The molecular weight excluding hydrogens is 449 g/mol. The van der Waals surface area contributed by atoms with Gasteiger partial charge in [0.25, 0.3) is 0 Å². The van der Waals surface area contributed by atoms with Crippen LogP contribution < -0.4 is 9.64 Å². The molecular formula is C24H33Cl2N3O3. The molecule has 1 aromatic heterocycles. The van der Waals surface area contributed by atoms with Gasteiger partial charge in [-0.2, -0.15) is 0 Å². The largest absolute Gasteiger partial charge is 0.497 e. The van der Waals surface area contributed by atoms with Gasteiger partial charge in [-0.15, -0.1) is 24.8 Å². The fourth-order valence-corrected chi connectivity index (χ4v) is 4.81. The summed E-state index contributed by atoms with van der Waals surface area (Å²) in [5.41, 5.74) is 2.95. The highest BCUT2D eigenvalue weighted by Gasteiger charge is 2.31. The second-order valence-corrected chi connectivity index (χ2v) is 8.34. The molecule has 0 bridgehead atoms. The van der Waals surface area contributed by atoms with Crippen LogP contribution in [0.15, 0.2) is 42.7 Å². The van der Waals surface area contributed by atoms with Gasteiger partial charge in [-0.05, 0) is 74.0 Å². The Morgan fingerprint density at radius 3 is 2.41 bits per heavy atom. The third-order valence-corrected chi connectivity index (χ3v) is 6.48. The number of halogens is 2. The van der Waals surface area contributed by atoms with Gasteiger partial charge in [-0.3, -0.25) is 9.88 Å². The smallest absolute Gasteiger partial charge is 0.339 e. The first-order chi connectivity index (χ1) is 14.7. The number of hydrogen-bond donors (Lipinski definition) is 0. The highest BCUT2D eigenvalue weighted by Crippen LogP contribution is 2.29. The third-order valence-electron chi connectivity index (χ3n) is 6.48. The maximum Gasteiger partial charge on any atom is 0.339 e. The molecule has 0 N–H and O–H groups in total. The van der Waals surface area contributed by atoms with Crippen molar-refractivity contribution in [2.24, 2.45) is 5.92 Å². The van der Waals surface area contributed by atoms with Gasteiger partial charge in [-0.1, -0.05) is 0 Å². The number of nitrogens with zero attached hydrogens (tertiary/aromatic N) is 3. The van der Waals surface area contributed by atoms with E-state index in [1.165, 1.54) is 38.6 Å². The molecule has 2 fully saturated rings. The van der Waals surface area contributed by atoms with E-state index in [1.807, 2.05) is 24.4 Å². The van der Waals surface area contributed by atoms with Crippen LogP contribution in [0.2, 0.25) is 0 Å². The van der Waals surface area contributed by atoms with Crippen molar-refractivity contribution in [3.63, 3.8) is 0 Å². The monoisotopic (exact) mass is 481 g/mol. The second-order valence-electron chi connectivity index (χ2n) is 8.34. The minimum absolute atomic E-state index is 0. The zero-order valence-electron chi connectivity index (χ0n) is 18.7. The number of carbonyl (C=O) groups excluding carboxylic acids is 1. The predicted octanol–water partition coefficient (Wildman–Crippen LogP) is 4.25. The second kappa shape index (κ2) is 12.3. The molecule has 2 aromatic rings. The highest BCUT2D eigenvalue weighted by molar-refractivity contribution is 5.89. The average Bonchev–Trinajstić information content (AvgIpc) is 3.27. The molecule has 6 nitrogen and oxygen atoms in total. The standard InChI is InChI=1S/C24H31N3O3.2ClH/c1-29-23-5-3-21(4-6-23)26-11-8-22(9-12-26)27-10-7-18(17-27)13-19-14-20(16-25-15-19)24(28)30-2;;/h3-6,14-16,18,22H,7-13,17H2,1-2H3;2*1H. The van der Waals surface area contributed by atoms with Crippen LogP contribution >= 0.6 is 24.8 Å². The van der Waals surface area contributed by atoms with Crippen molar-refractivity contribution in [3.8, 4) is 5.75 Å². The summed E-state index contributed by atoms with van der Waals surface area (Å²) in [6, 6.07) is 11.0. The molecule has 0 amide bonds. The minimum Gasteiger partial charge on any atom is -0.497 e. The number of carbonyl (C=O) groups is 1. The van der Waals surface area contributed by atoms with E-state index in [2.05, 4.69) is 26.9 Å². The van der Waals surface area contributed by atoms with E-state index in [1.54, 1.807) is 13.3 Å². The van der Waals surface area contributed by atoms with Crippen LogP contribution in [0.1, 0.15) is 35.2 Å². The third kappa shape index (κ3) is 6.27. The number of piperidine rings is 1. The summed E-state index contributed by atoms with van der Waals surface area (Å²) in [6.45, 7) is 4.50. The number of esters is 1. The van der Waals surface area contributed by atoms with Crippen LogP contribution in [-0.4, -0.2) is 62.3 Å². The quantitative estimate of drug-likeness (QED) is 0.574. The summed E-state index contributed by atoms with van der Waals surface area (Å²) in [5.74, 6) is 1.21. The van der Waals surface area contributed by atoms with Gasteiger partial charge in [0, 0.05) is 43.8 Å². The average molecular weight is 482 g/mol. The summed E-state index contributed by atoms with van der Waals surface area (Å²) >= 11 is 0. The Hall–Kier alpha value is -2.02. The molecule has 1 aromatic carbocycles. The maximum atomic E-state index is 11.7. The van der Waals surface area contributed by atoms with E-state index in [-0.39, 0.29) is 30.8 Å². The molecule has 0 saturated carbocycles. The first-order valence-electron chi connectivity index (χ1n) is 10.8. The lowest BCUT2D eigenvalue weighted by atomic mass is 9.98. The number of anilines is 1. The highest BCUT2D eigenvalue weighted by atomic mass is 35.5. The van der Waals surface area contributed by atoms with Gasteiger partial charge < -0.3 is 14.4 Å². The molecule has 3 heterocycles. The summed E-state index contributed by atoms with van der Waals surface area (Å²) < 4.78 is 10.1. The maximum absolute atomic E-state index is 11.7. The molecule has 1 unspecified atom stereocenters. The molecule has 2 saturated heterocycles. The van der Waals surface area contributed by atoms with Crippen LogP contribution in [0.4, 0.5) is 5.69 Å². The fourth-order valence-electron chi connectivity index (χ4n) is 4.81. The molecule has 0 aliphatic carbocycles. The molecule has 8 heteroatoms. The summed E-state index contributed by atoms with van der Waals surface area (Å²) in [6.07, 6.45) is 8.05. The molecule has 1 atom stereocenters. The number of likely N-dealkylation sites (tertiary alicyclic amines) is 1. The lowest BCUT2D eigenvalue weighted by molar-refractivity contribution is 0.0600.